The fraction of sp³-hybridized carbons (Fsp3) is 0.826. The Bertz CT molecular complexity index is 663. The Morgan fingerprint density at radius 1 is 1.24 bits per heavy atom. The first-order valence-corrected chi connectivity index (χ1v) is 10.7. The van der Waals surface area contributed by atoms with Crippen LogP contribution in [-0.2, 0) is 4.74 Å². The van der Waals surface area contributed by atoms with E-state index in [1.807, 2.05) is 0 Å². The van der Waals surface area contributed by atoms with Crippen LogP contribution in [0.25, 0.3) is 0 Å². The minimum absolute atomic E-state index is 0.0551. The summed E-state index contributed by atoms with van der Waals surface area (Å²) in [5, 5.41) is 11.0. The molecule has 3 fully saturated rings. The van der Waals surface area contributed by atoms with Crippen molar-refractivity contribution in [2.45, 2.75) is 89.9 Å². The molecule has 0 radical (unpaired) electrons. The van der Waals surface area contributed by atoms with Gasteiger partial charge in [0, 0.05) is 0 Å². The minimum Gasteiger partial charge on any atom is -0.388 e. The molecule has 8 unspecified atom stereocenters. The molecule has 2 saturated carbocycles. The quantitative estimate of drug-likeness (QED) is 0.725. The molecule has 0 aromatic carbocycles. The summed E-state index contributed by atoms with van der Waals surface area (Å²) in [6, 6.07) is 0. The molecule has 2 spiro atoms. The monoisotopic (exact) mass is 342 g/mol. The molecule has 2 bridgehead atoms. The summed E-state index contributed by atoms with van der Waals surface area (Å²) in [7, 11) is 0. The maximum Gasteiger partial charge on any atom is 0.0974 e. The third-order valence-electron chi connectivity index (χ3n) is 9.32. The van der Waals surface area contributed by atoms with E-state index in [9.17, 15) is 5.11 Å². The molecular weight excluding hydrogens is 308 g/mol. The van der Waals surface area contributed by atoms with Crippen LogP contribution in [0.4, 0.5) is 0 Å². The first-order chi connectivity index (χ1) is 11.9. The van der Waals surface area contributed by atoms with Crippen molar-refractivity contribution in [1.82, 2.24) is 0 Å². The van der Waals surface area contributed by atoms with Gasteiger partial charge in [0.2, 0.25) is 0 Å². The second kappa shape index (κ2) is 5.01. The number of aliphatic hydroxyl groups excluding tert-OH is 1. The molecule has 2 nitrogen and oxygen atoms in total. The van der Waals surface area contributed by atoms with Gasteiger partial charge < -0.3 is 9.84 Å². The lowest BCUT2D eigenvalue weighted by molar-refractivity contribution is -0.154. The molecule has 5 aliphatic rings. The van der Waals surface area contributed by atoms with Gasteiger partial charge in [-0.3, -0.25) is 0 Å². The highest BCUT2D eigenvalue weighted by molar-refractivity contribution is 5.48. The average Bonchev–Trinajstić information content (AvgIpc) is 3.09. The highest BCUT2D eigenvalue weighted by atomic mass is 16.5. The maximum atomic E-state index is 11.0. The molecule has 2 heterocycles. The van der Waals surface area contributed by atoms with Gasteiger partial charge in [-0.2, -0.15) is 0 Å². The Hall–Kier alpha value is -0.600. The Kier molecular flexibility index (Phi) is 3.32. The van der Waals surface area contributed by atoms with Gasteiger partial charge in [0.1, 0.15) is 0 Å². The van der Waals surface area contributed by atoms with Crippen molar-refractivity contribution < 1.29 is 9.84 Å². The predicted octanol–water partition coefficient (Wildman–Crippen LogP) is 5.02. The second-order valence-electron chi connectivity index (χ2n) is 10.2. The number of ether oxygens (including phenoxy) is 1. The van der Waals surface area contributed by atoms with E-state index in [1.165, 1.54) is 36.8 Å². The molecule has 3 aliphatic carbocycles. The van der Waals surface area contributed by atoms with Crippen LogP contribution in [0.15, 0.2) is 23.3 Å². The van der Waals surface area contributed by atoms with E-state index in [0.717, 1.165) is 25.2 Å². The average molecular weight is 343 g/mol. The highest BCUT2D eigenvalue weighted by Gasteiger charge is 2.67. The van der Waals surface area contributed by atoms with E-state index in [-0.39, 0.29) is 17.3 Å². The van der Waals surface area contributed by atoms with E-state index in [0.29, 0.717) is 23.2 Å². The van der Waals surface area contributed by atoms with Gasteiger partial charge in [0.15, 0.2) is 0 Å². The van der Waals surface area contributed by atoms with Crippen molar-refractivity contribution in [1.29, 1.82) is 0 Å². The molecule has 0 aromatic heterocycles. The fourth-order valence-corrected chi connectivity index (χ4v) is 7.65. The lowest BCUT2D eigenvalue weighted by atomic mass is 9.58. The molecule has 138 valence electrons. The number of allylic oxidation sites excluding steroid dienone is 1. The molecule has 1 saturated heterocycles. The molecule has 1 N–H and O–H groups in total. The number of rotatable bonds is 1. The Morgan fingerprint density at radius 2 is 2.04 bits per heavy atom. The third-order valence-corrected chi connectivity index (χ3v) is 9.32. The summed E-state index contributed by atoms with van der Waals surface area (Å²) < 4.78 is 7.14. The normalized spacial score (nSPS) is 56.6. The van der Waals surface area contributed by atoms with E-state index in [4.69, 9.17) is 4.74 Å². The van der Waals surface area contributed by atoms with Gasteiger partial charge in [0.25, 0.3) is 0 Å². The van der Waals surface area contributed by atoms with Gasteiger partial charge >= 0.3 is 0 Å². The minimum atomic E-state index is -0.332. The Labute approximate surface area is 152 Å². The number of hydrogen-bond acceptors (Lipinski definition) is 2. The first-order valence-electron chi connectivity index (χ1n) is 10.7. The number of fused-ring (bicyclic) bond motifs is 1. The van der Waals surface area contributed by atoms with Gasteiger partial charge in [-0.25, -0.2) is 0 Å². The SMILES string of the molecule is CCC1CCC2C34CCC5(CC(C)C(C)C(O)C5=CC3=CCC12C)O4. The summed E-state index contributed by atoms with van der Waals surface area (Å²) in [5.74, 6) is 2.36. The zero-order valence-electron chi connectivity index (χ0n) is 16.3. The summed E-state index contributed by atoms with van der Waals surface area (Å²) in [6.45, 7) is 9.41. The van der Waals surface area contributed by atoms with E-state index >= 15 is 0 Å². The summed E-state index contributed by atoms with van der Waals surface area (Å²) in [5.41, 5.74) is 2.79. The van der Waals surface area contributed by atoms with Crippen molar-refractivity contribution in [2.75, 3.05) is 0 Å². The number of hydrogen-bond donors (Lipinski definition) is 1. The van der Waals surface area contributed by atoms with Gasteiger partial charge in [-0.05, 0) is 78.8 Å². The third kappa shape index (κ3) is 1.84. The molecule has 2 aliphatic heterocycles. The van der Waals surface area contributed by atoms with Crippen molar-refractivity contribution in [3.8, 4) is 0 Å². The summed E-state index contributed by atoms with van der Waals surface area (Å²) in [6.07, 6.45) is 13.1. The lowest BCUT2D eigenvalue weighted by Crippen LogP contribution is -2.56. The van der Waals surface area contributed by atoms with E-state index in [1.54, 1.807) is 0 Å². The smallest absolute Gasteiger partial charge is 0.0974 e. The van der Waals surface area contributed by atoms with Crippen molar-refractivity contribution in [2.24, 2.45) is 29.1 Å². The van der Waals surface area contributed by atoms with Crippen LogP contribution in [0.1, 0.15) is 72.6 Å². The van der Waals surface area contributed by atoms with E-state index in [2.05, 4.69) is 39.8 Å². The Balaban J connectivity index is 1.63. The zero-order valence-corrected chi connectivity index (χ0v) is 16.3. The Morgan fingerprint density at radius 3 is 2.80 bits per heavy atom. The van der Waals surface area contributed by atoms with Gasteiger partial charge in [0.05, 0.1) is 17.3 Å². The molecular formula is C23H34O2. The van der Waals surface area contributed by atoms with E-state index < -0.39 is 0 Å². The molecule has 25 heavy (non-hydrogen) atoms. The van der Waals surface area contributed by atoms with Crippen LogP contribution in [0.5, 0.6) is 0 Å². The van der Waals surface area contributed by atoms with Crippen LogP contribution in [-0.4, -0.2) is 22.4 Å². The largest absolute Gasteiger partial charge is 0.388 e. The van der Waals surface area contributed by atoms with Crippen LogP contribution in [0.2, 0.25) is 0 Å². The van der Waals surface area contributed by atoms with Crippen molar-refractivity contribution in [3.63, 3.8) is 0 Å². The van der Waals surface area contributed by atoms with Crippen LogP contribution >= 0.6 is 0 Å². The topological polar surface area (TPSA) is 29.5 Å². The molecule has 0 amide bonds. The standard InChI is InChI=1S/C23H34O2/c1-5-16-6-7-19-21(16,4)9-8-17-12-18-20(24)15(3)14(2)13-22(18)10-11-23(17,19)25-22/h8,12,14-16,19-20,24H,5-7,9-11,13H2,1-4H3. The lowest BCUT2D eigenvalue weighted by Gasteiger charge is -2.55. The van der Waals surface area contributed by atoms with Crippen molar-refractivity contribution in [3.05, 3.63) is 23.3 Å². The molecule has 8 atom stereocenters. The maximum absolute atomic E-state index is 11.0. The van der Waals surface area contributed by atoms with Crippen LogP contribution in [0.3, 0.4) is 0 Å². The van der Waals surface area contributed by atoms with Crippen molar-refractivity contribution >= 4 is 0 Å². The first kappa shape index (κ1) is 16.6. The molecule has 0 aromatic rings. The second-order valence-corrected chi connectivity index (χ2v) is 10.2. The predicted molar refractivity (Wildman–Crippen MR) is 100 cm³/mol. The molecule has 2 heteroatoms. The zero-order chi connectivity index (χ0) is 17.6. The highest BCUT2D eigenvalue weighted by Crippen LogP contribution is 2.68. The van der Waals surface area contributed by atoms with Gasteiger partial charge in [-0.1, -0.05) is 46.3 Å². The van der Waals surface area contributed by atoms with Gasteiger partial charge in [-0.15, -0.1) is 0 Å². The van der Waals surface area contributed by atoms with Crippen LogP contribution < -0.4 is 0 Å². The number of aliphatic hydroxyl groups is 1. The molecule has 5 rings (SSSR count). The summed E-state index contributed by atoms with van der Waals surface area (Å²) >= 11 is 0. The fourth-order valence-electron chi connectivity index (χ4n) is 7.65. The van der Waals surface area contributed by atoms with Crippen LogP contribution in [0, 0.1) is 29.1 Å². The summed E-state index contributed by atoms with van der Waals surface area (Å²) in [4.78, 5) is 0.